The predicted octanol–water partition coefficient (Wildman–Crippen LogP) is 7.67. The van der Waals surface area contributed by atoms with Gasteiger partial charge >= 0.3 is 23.9 Å². The molecule has 0 spiro atoms. The first-order valence-electron chi connectivity index (χ1n) is 13.8. The van der Waals surface area contributed by atoms with Gasteiger partial charge in [-0.2, -0.15) is 0 Å². The molecular weight excluding hydrogens is 579 g/mol. The van der Waals surface area contributed by atoms with Crippen molar-refractivity contribution >= 4 is 36.0 Å². The summed E-state index contributed by atoms with van der Waals surface area (Å²) in [7, 11) is 0. The summed E-state index contributed by atoms with van der Waals surface area (Å²) in [6, 6.07) is 13.9. The van der Waals surface area contributed by atoms with Gasteiger partial charge in [0.1, 0.15) is 28.8 Å². The van der Waals surface area contributed by atoms with Gasteiger partial charge in [-0.3, -0.25) is 4.79 Å². The van der Waals surface area contributed by atoms with Crippen molar-refractivity contribution in [3.63, 3.8) is 0 Å². The van der Waals surface area contributed by atoms with Gasteiger partial charge in [-0.15, -0.1) is 0 Å². The largest absolute Gasteiger partial charge is 0.426 e. The van der Waals surface area contributed by atoms with Crippen molar-refractivity contribution in [2.45, 2.75) is 34.6 Å². The van der Waals surface area contributed by atoms with Gasteiger partial charge in [0.25, 0.3) is 0 Å². The van der Waals surface area contributed by atoms with Crippen LogP contribution in [0, 0.1) is 11.7 Å². The Kier molecular flexibility index (Phi) is 11.1. The standard InChI is InChI=1S/C36H33FO8/c1-20(2)33(38)42-26-14-16-28(31(18-26)44-35(40)22(5)6)25-12-9-24(10-13-25)11-15-29-30(37)17-27(43-34(39)21(3)4)19-32(29)45-36(41)23(7)8/h9-19,22H,1,3,7H2,2,4-6,8H3/b15-11+. The molecule has 8 nitrogen and oxygen atoms in total. The monoisotopic (exact) mass is 612 g/mol. The smallest absolute Gasteiger partial charge is 0.338 e. The molecule has 0 fully saturated rings. The molecule has 0 saturated carbocycles. The normalized spacial score (nSPS) is 10.7. The Morgan fingerprint density at radius 1 is 0.667 bits per heavy atom. The summed E-state index contributed by atoms with van der Waals surface area (Å²) in [5.41, 5.74) is 2.25. The molecule has 0 aromatic heterocycles. The maximum Gasteiger partial charge on any atom is 0.338 e. The maximum atomic E-state index is 15.2. The highest BCUT2D eigenvalue weighted by molar-refractivity contribution is 5.91. The molecule has 232 valence electrons. The van der Waals surface area contributed by atoms with Gasteiger partial charge in [0.15, 0.2) is 0 Å². The van der Waals surface area contributed by atoms with E-state index in [-0.39, 0.29) is 45.3 Å². The summed E-state index contributed by atoms with van der Waals surface area (Å²) in [6.45, 7) is 18.4. The average Bonchev–Trinajstić information content (AvgIpc) is 2.97. The second-order valence-electron chi connectivity index (χ2n) is 10.5. The van der Waals surface area contributed by atoms with Gasteiger partial charge in [-0.05, 0) is 50.1 Å². The third-order valence-corrected chi connectivity index (χ3v) is 6.03. The number of benzene rings is 3. The van der Waals surface area contributed by atoms with Crippen LogP contribution in [0.1, 0.15) is 45.7 Å². The van der Waals surface area contributed by atoms with Gasteiger partial charge in [0.2, 0.25) is 0 Å². The Balaban J connectivity index is 1.96. The second kappa shape index (κ2) is 14.7. The third kappa shape index (κ3) is 9.21. The van der Waals surface area contributed by atoms with E-state index < -0.39 is 35.6 Å². The van der Waals surface area contributed by atoms with Crippen LogP contribution in [0.15, 0.2) is 91.1 Å². The Labute approximate surface area is 261 Å². The van der Waals surface area contributed by atoms with E-state index in [1.807, 2.05) is 0 Å². The molecular formula is C36H33FO8. The van der Waals surface area contributed by atoms with Crippen molar-refractivity contribution in [3.8, 4) is 34.1 Å². The number of rotatable bonds is 11. The molecule has 9 heteroatoms. The molecule has 0 bridgehead atoms. The van der Waals surface area contributed by atoms with E-state index in [9.17, 15) is 19.2 Å². The first kappa shape index (κ1) is 33.9. The molecule has 0 N–H and O–H groups in total. The van der Waals surface area contributed by atoms with E-state index in [0.29, 0.717) is 16.7 Å². The lowest BCUT2D eigenvalue weighted by Crippen LogP contribution is -2.15. The van der Waals surface area contributed by atoms with Crippen LogP contribution in [-0.4, -0.2) is 23.9 Å². The summed E-state index contributed by atoms with van der Waals surface area (Å²) in [5, 5.41) is 0. The van der Waals surface area contributed by atoms with Crippen LogP contribution in [0.3, 0.4) is 0 Å². The summed E-state index contributed by atoms with van der Waals surface area (Å²) >= 11 is 0. The molecule has 45 heavy (non-hydrogen) atoms. The van der Waals surface area contributed by atoms with Crippen LogP contribution in [-0.2, 0) is 19.2 Å². The van der Waals surface area contributed by atoms with Crippen molar-refractivity contribution in [3.05, 3.63) is 108 Å². The van der Waals surface area contributed by atoms with Crippen LogP contribution in [0.2, 0.25) is 0 Å². The minimum atomic E-state index is -0.802. The zero-order valence-electron chi connectivity index (χ0n) is 25.7. The lowest BCUT2D eigenvalue weighted by Gasteiger charge is -2.14. The van der Waals surface area contributed by atoms with Crippen LogP contribution >= 0.6 is 0 Å². The molecule has 3 aromatic carbocycles. The molecule has 0 aliphatic heterocycles. The van der Waals surface area contributed by atoms with Crippen molar-refractivity contribution in [2.24, 2.45) is 5.92 Å². The minimum Gasteiger partial charge on any atom is -0.426 e. The SMILES string of the molecule is C=C(C)C(=O)Oc1ccc(-c2ccc(/C=C/c3c(F)cc(OC(=O)C(=C)C)cc3OC(=O)C(=C)C)cc2)c(OC(=O)C(C)C)c1. The molecule has 0 aliphatic carbocycles. The van der Waals surface area contributed by atoms with Gasteiger partial charge in [0, 0.05) is 40.5 Å². The number of hydrogen-bond donors (Lipinski definition) is 0. The van der Waals surface area contributed by atoms with Gasteiger partial charge in [0.05, 0.1) is 11.5 Å². The van der Waals surface area contributed by atoms with E-state index >= 15 is 4.39 Å². The number of hydrogen-bond acceptors (Lipinski definition) is 8. The van der Waals surface area contributed by atoms with Crippen LogP contribution in [0.25, 0.3) is 23.3 Å². The third-order valence-electron chi connectivity index (χ3n) is 6.03. The Hall–Kier alpha value is -5.57. The fourth-order valence-electron chi connectivity index (χ4n) is 3.52. The highest BCUT2D eigenvalue weighted by Gasteiger charge is 2.18. The zero-order chi connectivity index (χ0) is 33.4. The Morgan fingerprint density at radius 2 is 1.20 bits per heavy atom. The molecule has 0 amide bonds. The summed E-state index contributed by atoms with van der Waals surface area (Å²) in [4.78, 5) is 48.6. The highest BCUT2D eigenvalue weighted by atomic mass is 19.1. The molecule has 0 saturated heterocycles. The van der Waals surface area contributed by atoms with E-state index in [2.05, 4.69) is 19.7 Å². The van der Waals surface area contributed by atoms with Crippen molar-refractivity contribution < 1.29 is 42.5 Å². The molecule has 0 aliphatic rings. The maximum absolute atomic E-state index is 15.2. The van der Waals surface area contributed by atoms with Crippen molar-refractivity contribution in [1.82, 2.24) is 0 Å². The summed E-state index contributed by atoms with van der Waals surface area (Å²) in [6.07, 6.45) is 3.01. The lowest BCUT2D eigenvalue weighted by atomic mass is 10.0. The van der Waals surface area contributed by atoms with Gasteiger partial charge in [-0.25, -0.2) is 18.8 Å². The molecule has 3 rings (SSSR count). The molecule has 0 unspecified atom stereocenters. The molecule has 0 heterocycles. The zero-order valence-corrected chi connectivity index (χ0v) is 25.7. The number of carbonyl (C=O) groups is 4. The molecule has 0 radical (unpaired) electrons. The Morgan fingerprint density at radius 3 is 1.76 bits per heavy atom. The number of carbonyl (C=O) groups excluding carboxylic acids is 4. The first-order chi connectivity index (χ1) is 21.2. The van der Waals surface area contributed by atoms with E-state index in [1.54, 1.807) is 56.3 Å². The number of halogens is 1. The van der Waals surface area contributed by atoms with Crippen LogP contribution in [0.5, 0.6) is 23.0 Å². The average molecular weight is 613 g/mol. The lowest BCUT2D eigenvalue weighted by molar-refractivity contribution is -0.137. The van der Waals surface area contributed by atoms with Crippen LogP contribution < -0.4 is 18.9 Å². The number of ether oxygens (including phenoxy) is 4. The Bertz CT molecular complexity index is 1730. The first-order valence-corrected chi connectivity index (χ1v) is 13.8. The molecule has 0 atom stereocenters. The number of esters is 4. The second-order valence-corrected chi connectivity index (χ2v) is 10.5. The van der Waals surface area contributed by atoms with E-state index in [0.717, 1.165) is 6.07 Å². The predicted molar refractivity (Wildman–Crippen MR) is 169 cm³/mol. The fraction of sp³-hybridized carbons (Fsp3) is 0.167. The van der Waals surface area contributed by atoms with E-state index in [4.69, 9.17) is 18.9 Å². The molecule has 3 aromatic rings. The summed E-state index contributed by atoms with van der Waals surface area (Å²) < 4.78 is 36.6. The van der Waals surface area contributed by atoms with Crippen LogP contribution in [0.4, 0.5) is 4.39 Å². The van der Waals surface area contributed by atoms with Gasteiger partial charge in [-0.1, -0.05) is 63.9 Å². The highest BCUT2D eigenvalue weighted by Crippen LogP contribution is 2.35. The quantitative estimate of drug-likeness (QED) is 0.0940. The van der Waals surface area contributed by atoms with Gasteiger partial charge < -0.3 is 18.9 Å². The summed E-state index contributed by atoms with van der Waals surface area (Å²) in [5.74, 6) is -3.80. The topological polar surface area (TPSA) is 105 Å². The van der Waals surface area contributed by atoms with E-state index in [1.165, 1.54) is 39.0 Å². The van der Waals surface area contributed by atoms with Crippen molar-refractivity contribution in [1.29, 1.82) is 0 Å². The van der Waals surface area contributed by atoms with Crippen molar-refractivity contribution in [2.75, 3.05) is 0 Å². The minimum absolute atomic E-state index is 0.0634. The fourth-order valence-corrected chi connectivity index (χ4v) is 3.52.